The quantitative estimate of drug-likeness (QED) is 0.708. The second kappa shape index (κ2) is 5.35. The molecule has 17 heavy (non-hydrogen) atoms. The van der Waals surface area contributed by atoms with Gasteiger partial charge in [-0.1, -0.05) is 6.07 Å². The molecule has 0 aliphatic carbocycles. The highest BCUT2D eigenvalue weighted by Gasteiger charge is 2.13. The zero-order chi connectivity index (χ0) is 12.3. The summed E-state index contributed by atoms with van der Waals surface area (Å²) in [5.74, 6) is 0.220. The van der Waals surface area contributed by atoms with Gasteiger partial charge in [0.2, 0.25) is 0 Å². The number of likely N-dealkylation sites (N-methyl/N-ethyl adjacent to an activating group) is 1. The van der Waals surface area contributed by atoms with Crippen LogP contribution in [0.4, 0.5) is 0 Å². The van der Waals surface area contributed by atoms with Crippen molar-refractivity contribution in [1.82, 2.24) is 15.3 Å². The second-order valence-corrected chi connectivity index (χ2v) is 4.44. The van der Waals surface area contributed by atoms with E-state index in [0.717, 1.165) is 31.7 Å². The minimum atomic E-state index is 0.0887. The fourth-order valence-electron chi connectivity index (χ4n) is 1.86. The second-order valence-electron chi connectivity index (χ2n) is 4.44. The fourth-order valence-corrected chi connectivity index (χ4v) is 1.86. The summed E-state index contributed by atoms with van der Waals surface area (Å²) in [5.41, 5.74) is 4.08. The summed E-state index contributed by atoms with van der Waals surface area (Å²) < 4.78 is 0. The molecule has 1 aromatic carbocycles. The Labute approximate surface area is 101 Å². The highest BCUT2D eigenvalue weighted by Crippen LogP contribution is 2.22. The Balaban J connectivity index is 1.85. The van der Waals surface area contributed by atoms with Crippen LogP contribution in [0.15, 0.2) is 18.2 Å². The smallest absolute Gasteiger partial charge is 0.123 e. The van der Waals surface area contributed by atoms with E-state index in [1.807, 2.05) is 0 Å². The third kappa shape index (κ3) is 3.33. The third-order valence-corrected chi connectivity index (χ3v) is 3.07. The first-order chi connectivity index (χ1) is 8.15. The van der Waals surface area contributed by atoms with Crippen molar-refractivity contribution in [2.75, 3.05) is 33.2 Å². The number of nitrogens with zero attached hydrogens (tertiary/aromatic N) is 2. The Morgan fingerprint density at radius 3 is 2.53 bits per heavy atom. The van der Waals surface area contributed by atoms with Gasteiger partial charge in [0, 0.05) is 44.4 Å². The molecular formula is C12H19N3O2. The predicted molar refractivity (Wildman–Crippen MR) is 65.7 cm³/mol. The average Bonchev–Trinajstić information content (AvgIpc) is 2.30. The van der Waals surface area contributed by atoms with Gasteiger partial charge in [-0.2, -0.15) is 0 Å². The summed E-state index contributed by atoms with van der Waals surface area (Å²) >= 11 is 0. The molecule has 0 unspecified atom stereocenters. The molecule has 1 aliphatic rings. The Morgan fingerprint density at radius 2 is 1.88 bits per heavy atom. The lowest BCUT2D eigenvalue weighted by Gasteiger charge is -2.32. The van der Waals surface area contributed by atoms with Crippen LogP contribution in [0.5, 0.6) is 11.5 Å². The van der Waals surface area contributed by atoms with E-state index in [1.54, 1.807) is 12.1 Å². The van der Waals surface area contributed by atoms with Gasteiger partial charge >= 0.3 is 0 Å². The molecule has 94 valence electrons. The van der Waals surface area contributed by atoms with Crippen LogP contribution in [-0.4, -0.2) is 53.3 Å². The SMILES string of the molecule is CN1CCN(NCc2ccc(O)cc2O)CC1. The molecule has 1 saturated heterocycles. The Hall–Kier alpha value is -1.30. The van der Waals surface area contributed by atoms with E-state index in [-0.39, 0.29) is 11.5 Å². The number of piperazine rings is 1. The van der Waals surface area contributed by atoms with Crippen LogP contribution in [0.1, 0.15) is 5.56 Å². The van der Waals surface area contributed by atoms with Crippen LogP contribution in [0, 0.1) is 0 Å². The topological polar surface area (TPSA) is 59.0 Å². The number of phenolic OH excluding ortho intramolecular Hbond substituents is 2. The van der Waals surface area contributed by atoms with Crippen LogP contribution in [0.2, 0.25) is 0 Å². The molecule has 1 fully saturated rings. The lowest BCUT2D eigenvalue weighted by Crippen LogP contribution is -2.50. The number of hydrogen-bond donors (Lipinski definition) is 3. The number of hydrazine groups is 1. The van der Waals surface area contributed by atoms with Gasteiger partial charge in [-0.05, 0) is 13.1 Å². The molecule has 0 atom stereocenters. The predicted octanol–water partition coefficient (Wildman–Crippen LogP) is 0.350. The highest BCUT2D eigenvalue weighted by molar-refractivity contribution is 5.38. The Bertz CT molecular complexity index is 376. The normalized spacial score (nSPS) is 18.4. The summed E-state index contributed by atoms with van der Waals surface area (Å²) in [6, 6.07) is 4.68. The van der Waals surface area contributed by atoms with Crippen molar-refractivity contribution in [3.8, 4) is 11.5 Å². The van der Waals surface area contributed by atoms with Gasteiger partial charge in [-0.15, -0.1) is 0 Å². The lowest BCUT2D eigenvalue weighted by molar-refractivity contribution is 0.102. The zero-order valence-corrected chi connectivity index (χ0v) is 10.1. The lowest BCUT2D eigenvalue weighted by atomic mass is 10.2. The largest absolute Gasteiger partial charge is 0.508 e. The molecule has 1 aliphatic heterocycles. The molecule has 0 spiro atoms. The zero-order valence-electron chi connectivity index (χ0n) is 10.1. The minimum Gasteiger partial charge on any atom is -0.508 e. The first-order valence-corrected chi connectivity index (χ1v) is 5.83. The van der Waals surface area contributed by atoms with Crippen LogP contribution in [0.25, 0.3) is 0 Å². The number of aromatic hydroxyl groups is 2. The van der Waals surface area contributed by atoms with Crippen molar-refractivity contribution in [3.63, 3.8) is 0 Å². The van der Waals surface area contributed by atoms with Gasteiger partial charge in [0.05, 0.1) is 0 Å². The van der Waals surface area contributed by atoms with Crippen molar-refractivity contribution in [1.29, 1.82) is 0 Å². The maximum Gasteiger partial charge on any atom is 0.123 e. The molecule has 1 aromatic rings. The molecule has 0 aromatic heterocycles. The number of nitrogens with one attached hydrogen (secondary N) is 1. The molecule has 2 rings (SSSR count). The minimum absolute atomic E-state index is 0.0887. The maximum atomic E-state index is 9.64. The highest BCUT2D eigenvalue weighted by atomic mass is 16.3. The van der Waals surface area contributed by atoms with Gasteiger partial charge in [-0.3, -0.25) is 5.43 Å². The monoisotopic (exact) mass is 237 g/mol. The van der Waals surface area contributed by atoms with Crippen molar-refractivity contribution in [2.24, 2.45) is 0 Å². The Kier molecular flexibility index (Phi) is 3.83. The molecule has 5 heteroatoms. The summed E-state index contributed by atoms with van der Waals surface area (Å²) in [7, 11) is 2.11. The van der Waals surface area contributed by atoms with Crippen LogP contribution >= 0.6 is 0 Å². The summed E-state index contributed by atoms with van der Waals surface area (Å²) in [6.07, 6.45) is 0. The van der Waals surface area contributed by atoms with E-state index in [0.29, 0.717) is 6.54 Å². The van der Waals surface area contributed by atoms with Crippen molar-refractivity contribution in [2.45, 2.75) is 6.54 Å². The van der Waals surface area contributed by atoms with E-state index < -0.39 is 0 Å². The van der Waals surface area contributed by atoms with Crippen LogP contribution in [-0.2, 0) is 6.54 Å². The fraction of sp³-hybridized carbons (Fsp3) is 0.500. The van der Waals surface area contributed by atoms with Gasteiger partial charge < -0.3 is 15.1 Å². The molecule has 0 amide bonds. The number of phenols is 2. The number of hydrogen-bond acceptors (Lipinski definition) is 5. The van der Waals surface area contributed by atoms with E-state index in [2.05, 4.69) is 22.4 Å². The molecule has 0 bridgehead atoms. The van der Waals surface area contributed by atoms with Gasteiger partial charge in [0.15, 0.2) is 0 Å². The van der Waals surface area contributed by atoms with E-state index >= 15 is 0 Å². The van der Waals surface area contributed by atoms with E-state index in [9.17, 15) is 10.2 Å². The van der Waals surface area contributed by atoms with E-state index in [1.165, 1.54) is 6.07 Å². The van der Waals surface area contributed by atoms with Gasteiger partial charge in [-0.25, -0.2) is 5.01 Å². The molecule has 0 radical (unpaired) electrons. The van der Waals surface area contributed by atoms with Crippen LogP contribution < -0.4 is 5.43 Å². The maximum absolute atomic E-state index is 9.64. The number of rotatable bonds is 3. The molecule has 1 heterocycles. The van der Waals surface area contributed by atoms with Crippen molar-refractivity contribution < 1.29 is 10.2 Å². The van der Waals surface area contributed by atoms with Crippen LogP contribution in [0.3, 0.4) is 0 Å². The van der Waals surface area contributed by atoms with E-state index in [4.69, 9.17) is 0 Å². The molecule has 3 N–H and O–H groups in total. The summed E-state index contributed by atoms with van der Waals surface area (Å²) in [5, 5.41) is 21.0. The molecule has 5 nitrogen and oxygen atoms in total. The Morgan fingerprint density at radius 1 is 1.18 bits per heavy atom. The van der Waals surface area contributed by atoms with Gasteiger partial charge in [0.25, 0.3) is 0 Å². The molecular weight excluding hydrogens is 218 g/mol. The summed E-state index contributed by atoms with van der Waals surface area (Å²) in [6.45, 7) is 4.64. The van der Waals surface area contributed by atoms with Crippen molar-refractivity contribution >= 4 is 0 Å². The first-order valence-electron chi connectivity index (χ1n) is 5.83. The standard InChI is InChI=1S/C12H19N3O2/c1-14-4-6-15(7-5-14)13-9-10-2-3-11(16)8-12(10)17/h2-3,8,13,16-17H,4-7,9H2,1H3. The average molecular weight is 237 g/mol. The number of benzene rings is 1. The third-order valence-electron chi connectivity index (χ3n) is 3.07. The first kappa shape index (κ1) is 12.2. The van der Waals surface area contributed by atoms with Gasteiger partial charge in [0.1, 0.15) is 11.5 Å². The summed E-state index contributed by atoms with van der Waals surface area (Å²) in [4.78, 5) is 2.29. The van der Waals surface area contributed by atoms with Crippen molar-refractivity contribution in [3.05, 3.63) is 23.8 Å². The molecule has 0 saturated carbocycles.